The Kier molecular flexibility index (Phi) is 6.12. The molecule has 0 fully saturated rings. The third-order valence-electron chi connectivity index (χ3n) is 3.78. The van der Waals surface area contributed by atoms with Crippen LogP contribution in [-0.2, 0) is 4.74 Å². The Morgan fingerprint density at radius 3 is 2.30 bits per heavy atom. The van der Waals surface area contributed by atoms with Gasteiger partial charge in [-0.2, -0.15) is 0 Å². The number of carbonyl (C=O) groups is 1. The molecule has 0 radical (unpaired) electrons. The van der Waals surface area contributed by atoms with E-state index in [1.165, 1.54) is 7.11 Å². The van der Waals surface area contributed by atoms with Crippen molar-refractivity contribution in [2.75, 3.05) is 7.11 Å². The summed E-state index contributed by atoms with van der Waals surface area (Å²) in [5, 5.41) is 10.7. The van der Waals surface area contributed by atoms with E-state index in [1.54, 1.807) is 12.1 Å². The Bertz CT molecular complexity index is 644. The van der Waals surface area contributed by atoms with Crippen molar-refractivity contribution in [1.29, 1.82) is 0 Å². The summed E-state index contributed by atoms with van der Waals surface area (Å²) in [6.45, 7) is 2.06. The smallest absolute Gasteiger partial charge is 0.337 e. The van der Waals surface area contributed by atoms with Gasteiger partial charge in [0, 0.05) is 5.92 Å². The van der Waals surface area contributed by atoms with Gasteiger partial charge in [-0.1, -0.05) is 61.5 Å². The lowest BCUT2D eigenvalue weighted by atomic mass is 9.88. The number of allylic oxidation sites excluding steroid dienone is 1. The first-order valence-electron chi connectivity index (χ1n) is 7.75. The zero-order valence-electron chi connectivity index (χ0n) is 13.5. The van der Waals surface area contributed by atoms with Gasteiger partial charge in [0.1, 0.15) is 0 Å². The Morgan fingerprint density at radius 1 is 1.09 bits per heavy atom. The van der Waals surface area contributed by atoms with Gasteiger partial charge in [-0.15, -0.1) is 0 Å². The lowest BCUT2D eigenvalue weighted by Crippen LogP contribution is -2.09. The number of carbonyl (C=O) groups excluding carboxylic acids is 1. The number of hydrogen-bond acceptors (Lipinski definition) is 3. The van der Waals surface area contributed by atoms with E-state index in [4.69, 9.17) is 4.74 Å². The van der Waals surface area contributed by atoms with Crippen LogP contribution >= 0.6 is 0 Å². The van der Waals surface area contributed by atoms with E-state index in [9.17, 15) is 9.90 Å². The molecule has 2 aromatic carbocycles. The molecule has 0 bridgehead atoms. The second-order valence-electron chi connectivity index (χ2n) is 5.33. The van der Waals surface area contributed by atoms with Gasteiger partial charge < -0.3 is 9.84 Å². The normalized spacial score (nSPS) is 13.7. The van der Waals surface area contributed by atoms with E-state index in [-0.39, 0.29) is 11.9 Å². The highest BCUT2D eigenvalue weighted by Gasteiger charge is 2.20. The minimum Gasteiger partial charge on any atom is -0.465 e. The highest BCUT2D eigenvalue weighted by molar-refractivity contribution is 5.89. The van der Waals surface area contributed by atoms with Crippen molar-refractivity contribution in [2.45, 2.75) is 25.4 Å². The Morgan fingerprint density at radius 2 is 1.74 bits per heavy atom. The molecule has 0 saturated carbocycles. The van der Waals surface area contributed by atoms with Crippen LogP contribution in [0, 0.1) is 0 Å². The van der Waals surface area contributed by atoms with Gasteiger partial charge in [0.15, 0.2) is 0 Å². The van der Waals surface area contributed by atoms with Crippen molar-refractivity contribution in [3.8, 4) is 0 Å². The van der Waals surface area contributed by atoms with Crippen LogP contribution in [0.1, 0.15) is 46.9 Å². The highest BCUT2D eigenvalue weighted by atomic mass is 16.5. The summed E-state index contributed by atoms with van der Waals surface area (Å²) in [6, 6.07) is 16.8. The number of methoxy groups -OCH3 is 1. The average molecular weight is 310 g/mol. The molecule has 0 aliphatic rings. The third kappa shape index (κ3) is 4.30. The molecule has 2 atom stereocenters. The zero-order valence-corrected chi connectivity index (χ0v) is 13.5. The number of ether oxygens (including phenoxy) is 1. The first kappa shape index (κ1) is 17.0. The lowest BCUT2D eigenvalue weighted by Gasteiger charge is -2.21. The number of hydrogen-bond donors (Lipinski definition) is 1. The van der Waals surface area contributed by atoms with Crippen molar-refractivity contribution < 1.29 is 14.6 Å². The molecule has 0 unspecified atom stereocenters. The Labute approximate surface area is 137 Å². The van der Waals surface area contributed by atoms with Gasteiger partial charge >= 0.3 is 5.97 Å². The van der Waals surface area contributed by atoms with E-state index < -0.39 is 6.10 Å². The van der Waals surface area contributed by atoms with E-state index in [1.807, 2.05) is 54.6 Å². The maximum absolute atomic E-state index is 11.5. The average Bonchev–Trinajstić information content (AvgIpc) is 2.62. The van der Waals surface area contributed by atoms with Crippen LogP contribution in [0.4, 0.5) is 0 Å². The number of benzene rings is 2. The van der Waals surface area contributed by atoms with Gasteiger partial charge in [0.05, 0.1) is 18.8 Å². The molecule has 120 valence electrons. The van der Waals surface area contributed by atoms with Gasteiger partial charge in [-0.25, -0.2) is 4.79 Å². The van der Waals surface area contributed by atoms with Crippen LogP contribution in [0.2, 0.25) is 0 Å². The summed E-state index contributed by atoms with van der Waals surface area (Å²) < 4.78 is 4.72. The molecule has 1 N–H and O–H groups in total. The molecule has 3 nitrogen and oxygen atoms in total. The lowest BCUT2D eigenvalue weighted by molar-refractivity contribution is 0.0600. The third-order valence-corrected chi connectivity index (χ3v) is 3.78. The molecule has 23 heavy (non-hydrogen) atoms. The zero-order chi connectivity index (χ0) is 16.7. The molecule has 0 amide bonds. The van der Waals surface area contributed by atoms with E-state index in [0.717, 1.165) is 17.5 Å². The Balaban J connectivity index is 2.31. The van der Waals surface area contributed by atoms with Crippen molar-refractivity contribution in [1.82, 2.24) is 0 Å². The molecule has 0 spiro atoms. The second-order valence-corrected chi connectivity index (χ2v) is 5.33. The molecule has 2 rings (SSSR count). The summed E-state index contributed by atoms with van der Waals surface area (Å²) in [4.78, 5) is 11.5. The molecule has 0 aliphatic carbocycles. The number of aliphatic hydroxyl groups is 1. The van der Waals surface area contributed by atoms with Gasteiger partial charge in [0.2, 0.25) is 0 Å². The van der Waals surface area contributed by atoms with Gasteiger partial charge in [0.25, 0.3) is 0 Å². The molecule has 2 aromatic rings. The topological polar surface area (TPSA) is 46.5 Å². The number of esters is 1. The molecule has 0 saturated heterocycles. The van der Waals surface area contributed by atoms with Gasteiger partial charge in [-0.05, 0) is 29.7 Å². The second kappa shape index (κ2) is 8.30. The summed E-state index contributed by atoms with van der Waals surface area (Å²) in [5.41, 5.74) is 2.33. The summed E-state index contributed by atoms with van der Waals surface area (Å²) in [7, 11) is 1.36. The minimum absolute atomic E-state index is 0.163. The SMILES string of the molecule is CC/C=C/[C@@H](c1ccc(C(=O)OC)cc1)[C@@H](O)c1ccccc1. The van der Waals surface area contributed by atoms with Crippen molar-refractivity contribution in [3.63, 3.8) is 0 Å². The van der Waals surface area contributed by atoms with Crippen LogP contribution in [-0.4, -0.2) is 18.2 Å². The first-order chi connectivity index (χ1) is 11.2. The molecule has 0 aromatic heterocycles. The highest BCUT2D eigenvalue weighted by Crippen LogP contribution is 2.32. The van der Waals surface area contributed by atoms with Crippen LogP contribution in [0.25, 0.3) is 0 Å². The quantitative estimate of drug-likeness (QED) is 0.640. The fraction of sp³-hybridized carbons (Fsp3) is 0.250. The molecule has 0 heterocycles. The molecule has 3 heteroatoms. The summed E-state index contributed by atoms with van der Waals surface area (Å²) in [5.74, 6) is -0.523. The standard InChI is InChI=1S/C20H22O3/c1-3-4-10-18(19(21)16-8-6-5-7-9-16)15-11-13-17(14-12-15)20(22)23-2/h4-14,18-19,21H,3H2,1-2H3/b10-4+/t18-,19-/m0/s1. The number of aliphatic hydroxyl groups excluding tert-OH is 1. The summed E-state index contributed by atoms with van der Waals surface area (Å²) in [6.07, 6.45) is 4.33. The van der Waals surface area contributed by atoms with Crippen LogP contribution in [0.5, 0.6) is 0 Å². The minimum atomic E-state index is -0.636. The monoisotopic (exact) mass is 310 g/mol. The van der Waals surface area contributed by atoms with E-state index >= 15 is 0 Å². The Hall–Kier alpha value is -2.39. The van der Waals surface area contributed by atoms with Crippen molar-refractivity contribution >= 4 is 5.97 Å². The molecular formula is C20H22O3. The maximum Gasteiger partial charge on any atom is 0.337 e. The molecular weight excluding hydrogens is 288 g/mol. The largest absolute Gasteiger partial charge is 0.465 e. The summed E-state index contributed by atoms with van der Waals surface area (Å²) >= 11 is 0. The van der Waals surface area contributed by atoms with Crippen LogP contribution in [0.3, 0.4) is 0 Å². The molecule has 0 aliphatic heterocycles. The number of rotatable bonds is 6. The first-order valence-corrected chi connectivity index (χ1v) is 7.75. The maximum atomic E-state index is 11.5. The predicted molar refractivity (Wildman–Crippen MR) is 91.4 cm³/mol. The fourth-order valence-corrected chi connectivity index (χ4v) is 2.50. The fourth-order valence-electron chi connectivity index (χ4n) is 2.50. The van der Waals surface area contributed by atoms with E-state index in [0.29, 0.717) is 5.56 Å². The van der Waals surface area contributed by atoms with Crippen molar-refractivity contribution in [3.05, 3.63) is 83.4 Å². The predicted octanol–water partition coefficient (Wildman–Crippen LogP) is 4.26. The van der Waals surface area contributed by atoms with Crippen LogP contribution in [0.15, 0.2) is 66.7 Å². The van der Waals surface area contributed by atoms with Crippen LogP contribution < -0.4 is 0 Å². The van der Waals surface area contributed by atoms with Gasteiger partial charge in [-0.3, -0.25) is 0 Å². The van der Waals surface area contributed by atoms with E-state index in [2.05, 4.69) is 6.92 Å². The van der Waals surface area contributed by atoms with Crippen molar-refractivity contribution in [2.24, 2.45) is 0 Å².